The van der Waals surface area contributed by atoms with E-state index in [1.807, 2.05) is 39.2 Å². The van der Waals surface area contributed by atoms with Crippen LogP contribution in [0.1, 0.15) is 43.5 Å². The zero-order valence-corrected chi connectivity index (χ0v) is 18.6. The molecule has 3 N–H and O–H groups in total. The van der Waals surface area contributed by atoms with Crippen molar-refractivity contribution in [2.45, 2.75) is 46.1 Å². The van der Waals surface area contributed by atoms with E-state index in [1.54, 1.807) is 7.11 Å². The summed E-state index contributed by atoms with van der Waals surface area (Å²) in [6, 6.07) is 6.26. The SMILES string of the molecule is CCCC(C)Nc1nc(N)nc(C)c1Cc1ccc(OCCN(C)C)cc1OC. The highest BCUT2D eigenvalue weighted by atomic mass is 16.5. The third kappa shape index (κ3) is 6.78. The van der Waals surface area contributed by atoms with Crippen molar-refractivity contribution >= 4 is 11.8 Å². The average molecular weight is 402 g/mol. The lowest BCUT2D eigenvalue weighted by molar-refractivity contribution is 0.260. The van der Waals surface area contributed by atoms with E-state index in [4.69, 9.17) is 15.2 Å². The highest BCUT2D eigenvalue weighted by molar-refractivity contribution is 5.54. The number of nitrogens with zero attached hydrogens (tertiary/aromatic N) is 3. The third-order valence-electron chi connectivity index (χ3n) is 4.77. The third-order valence-corrected chi connectivity index (χ3v) is 4.77. The summed E-state index contributed by atoms with van der Waals surface area (Å²) in [4.78, 5) is 10.9. The Morgan fingerprint density at radius 1 is 1.24 bits per heavy atom. The Hall–Kier alpha value is -2.54. The number of methoxy groups -OCH3 is 1. The molecule has 1 atom stereocenters. The molecule has 0 spiro atoms. The number of nitrogens with two attached hydrogens (primary N) is 1. The number of nitrogen functional groups attached to an aromatic ring is 1. The molecule has 0 aliphatic rings. The Balaban J connectivity index is 2.26. The van der Waals surface area contributed by atoms with E-state index in [1.165, 1.54) is 0 Å². The van der Waals surface area contributed by atoms with Crippen LogP contribution < -0.4 is 20.5 Å². The molecule has 7 heteroatoms. The molecule has 0 aliphatic heterocycles. The fourth-order valence-corrected chi connectivity index (χ4v) is 3.18. The quantitative estimate of drug-likeness (QED) is 0.596. The topological polar surface area (TPSA) is 85.5 Å². The number of nitrogens with one attached hydrogen (secondary N) is 1. The number of aromatic nitrogens is 2. The molecule has 0 saturated heterocycles. The van der Waals surface area contributed by atoms with Crippen molar-refractivity contribution in [1.29, 1.82) is 0 Å². The van der Waals surface area contributed by atoms with Gasteiger partial charge in [-0.25, -0.2) is 4.98 Å². The van der Waals surface area contributed by atoms with E-state index < -0.39 is 0 Å². The van der Waals surface area contributed by atoms with Crippen LogP contribution in [-0.2, 0) is 6.42 Å². The number of anilines is 2. The van der Waals surface area contributed by atoms with Crippen molar-refractivity contribution in [2.75, 3.05) is 45.4 Å². The summed E-state index contributed by atoms with van der Waals surface area (Å²) >= 11 is 0. The predicted molar refractivity (Wildman–Crippen MR) is 119 cm³/mol. The van der Waals surface area contributed by atoms with E-state index in [2.05, 4.69) is 34.0 Å². The van der Waals surface area contributed by atoms with E-state index in [0.29, 0.717) is 19.1 Å². The van der Waals surface area contributed by atoms with Gasteiger partial charge in [0.25, 0.3) is 0 Å². The second-order valence-corrected chi connectivity index (χ2v) is 7.63. The average Bonchev–Trinajstić information content (AvgIpc) is 2.65. The van der Waals surface area contributed by atoms with E-state index in [-0.39, 0.29) is 5.95 Å². The van der Waals surface area contributed by atoms with Gasteiger partial charge in [0.2, 0.25) is 5.95 Å². The fourth-order valence-electron chi connectivity index (χ4n) is 3.18. The molecule has 0 fully saturated rings. The molecule has 2 rings (SSSR count). The molecule has 0 saturated carbocycles. The van der Waals surface area contributed by atoms with Gasteiger partial charge >= 0.3 is 0 Å². The summed E-state index contributed by atoms with van der Waals surface area (Å²) in [5.74, 6) is 2.67. The summed E-state index contributed by atoms with van der Waals surface area (Å²) in [5, 5.41) is 3.50. The second kappa shape index (κ2) is 10.9. The lowest BCUT2D eigenvalue weighted by Crippen LogP contribution is -2.19. The van der Waals surface area contributed by atoms with Gasteiger partial charge in [0.05, 0.1) is 7.11 Å². The first-order chi connectivity index (χ1) is 13.8. The van der Waals surface area contributed by atoms with Crippen LogP contribution in [-0.4, -0.2) is 55.3 Å². The Kier molecular flexibility index (Phi) is 8.51. The van der Waals surface area contributed by atoms with E-state index in [9.17, 15) is 0 Å². The summed E-state index contributed by atoms with van der Waals surface area (Å²) in [5.41, 5.74) is 8.86. The molecule has 160 valence electrons. The maximum atomic E-state index is 5.91. The summed E-state index contributed by atoms with van der Waals surface area (Å²) < 4.78 is 11.5. The van der Waals surface area contributed by atoms with Gasteiger partial charge in [0.15, 0.2) is 0 Å². The maximum absolute atomic E-state index is 5.91. The van der Waals surface area contributed by atoms with Gasteiger partial charge in [0, 0.05) is 36.3 Å². The highest BCUT2D eigenvalue weighted by Crippen LogP contribution is 2.30. The van der Waals surface area contributed by atoms with E-state index >= 15 is 0 Å². The second-order valence-electron chi connectivity index (χ2n) is 7.63. The summed E-state index contributed by atoms with van der Waals surface area (Å²) in [6.07, 6.45) is 2.81. The minimum atomic E-state index is 0.286. The molecule has 1 unspecified atom stereocenters. The van der Waals surface area contributed by atoms with Crippen LogP contribution in [0.4, 0.5) is 11.8 Å². The van der Waals surface area contributed by atoms with Crippen LogP contribution in [0.15, 0.2) is 18.2 Å². The molecule has 1 heterocycles. The van der Waals surface area contributed by atoms with Crippen molar-refractivity contribution < 1.29 is 9.47 Å². The van der Waals surface area contributed by atoms with Crippen LogP contribution in [0.3, 0.4) is 0 Å². The maximum Gasteiger partial charge on any atom is 0.222 e. The molecule has 1 aromatic carbocycles. The molecule has 2 aromatic rings. The lowest BCUT2D eigenvalue weighted by Gasteiger charge is -2.19. The number of ether oxygens (including phenoxy) is 2. The Bertz CT molecular complexity index is 795. The van der Waals surface area contributed by atoms with Gasteiger partial charge in [-0.05, 0) is 46.0 Å². The predicted octanol–water partition coefficient (Wildman–Crippen LogP) is 3.51. The number of rotatable bonds is 11. The molecule has 0 aliphatic carbocycles. The zero-order valence-electron chi connectivity index (χ0n) is 18.6. The van der Waals surface area contributed by atoms with Crippen molar-refractivity contribution in [3.05, 3.63) is 35.0 Å². The molecule has 0 amide bonds. The smallest absolute Gasteiger partial charge is 0.222 e. The van der Waals surface area contributed by atoms with Crippen LogP contribution in [0.2, 0.25) is 0 Å². The van der Waals surface area contributed by atoms with E-state index in [0.717, 1.165) is 53.5 Å². The van der Waals surface area contributed by atoms with Crippen LogP contribution in [0, 0.1) is 6.92 Å². The molecule has 29 heavy (non-hydrogen) atoms. The molecule has 0 bridgehead atoms. The van der Waals surface area contributed by atoms with Gasteiger partial charge in [-0.2, -0.15) is 4.98 Å². The number of benzene rings is 1. The Morgan fingerprint density at radius 2 is 2.00 bits per heavy atom. The molecule has 7 nitrogen and oxygen atoms in total. The molecular weight excluding hydrogens is 366 g/mol. The first-order valence-electron chi connectivity index (χ1n) is 10.2. The van der Waals surface area contributed by atoms with Crippen molar-refractivity contribution in [1.82, 2.24) is 14.9 Å². The number of likely N-dealkylation sites (N-methyl/N-ethyl adjacent to an activating group) is 1. The molecule has 0 radical (unpaired) electrons. The van der Waals surface area contributed by atoms with Crippen molar-refractivity contribution in [3.8, 4) is 11.5 Å². The number of hydrogen-bond acceptors (Lipinski definition) is 7. The zero-order chi connectivity index (χ0) is 21.4. The largest absolute Gasteiger partial charge is 0.496 e. The number of hydrogen-bond donors (Lipinski definition) is 2. The first kappa shape index (κ1) is 22.7. The van der Waals surface area contributed by atoms with Crippen molar-refractivity contribution in [2.24, 2.45) is 0 Å². The fraction of sp³-hybridized carbons (Fsp3) is 0.545. The van der Waals surface area contributed by atoms with Crippen LogP contribution in [0.5, 0.6) is 11.5 Å². The highest BCUT2D eigenvalue weighted by Gasteiger charge is 2.16. The van der Waals surface area contributed by atoms with Crippen LogP contribution >= 0.6 is 0 Å². The molecular formula is C22H35N5O2. The summed E-state index contributed by atoms with van der Waals surface area (Å²) in [7, 11) is 5.73. The van der Waals surface area contributed by atoms with Gasteiger partial charge in [0.1, 0.15) is 23.9 Å². The van der Waals surface area contributed by atoms with Gasteiger partial charge in [-0.3, -0.25) is 0 Å². The standard InChI is InChI=1S/C22H35N5O2/c1-7-8-15(2)24-21-19(16(3)25-22(23)26-21)13-17-9-10-18(14-20(17)28-6)29-12-11-27(4)5/h9-10,14-15H,7-8,11-13H2,1-6H3,(H3,23,24,25,26). The van der Waals surface area contributed by atoms with Gasteiger partial charge in [-0.15, -0.1) is 0 Å². The normalized spacial score (nSPS) is 12.1. The summed E-state index contributed by atoms with van der Waals surface area (Å²) in [6.45, 7) is 7.78. The number of aryl methyl sites for hydroxylation is 1. The van der Waals surface area contributed by atoms with Crippen molar-refractivity contribution in [3.63, 3.8) is 0 Å². The Morgan fingerprint density at radius 3 is 2.66 bits per heavy atom. The minimum absolute atomic E-state index is 0.286. The lowest BCUT2D eigenvalue weighted by atomic mass is 10.0. The first-order valence-corrected chi connectivity index (χ1v) is 10.2. The van der Waals surface area contributed by atoms with Gasteiger partial charge < -0.3 is 25.4 Å². The van der Waals surface area contributed by atoms with Gasteiger partial charge in [-0.1, -0.05) is 19.4 Å². The monoisotopic (exact) mass is 401 g/mol. The molecule has 1 aromatic heterocycles. The minimum Gasteiger partial charge on any atom is -0.496 e. The van der Waals surface area contributed by atoms with Crippen LogP contribution in [0.25, 0.3) is 0 Å². The Labute approximate surface area is 174 Å².